The molecule has 0 atom stereocenters. The van der Waals surface area contributed by atoms with E-state index in [1.165, 1.54) is 39.6 Å². The zero-order chi connectivity index (χ0) is 25.5. The Hall–Kier alpha value is -2.83. The summed E-state index contributed by atoms with van der Waals surface area (Å²) >= 11 is 6.30. The van der Waals surface area contributed by atoms with Gasteiger partial charge in [-0.25, -0.2) is 0 Å². The first-order valence-corrected chi connectivity index (χ1v) is 13.9. The first-order chi connectivity index (χ1) is 18.0. The van der Waals surface area contributed by atoms with Crippen LogP contribution in [0.2, 0.25) is 5.02 Å². The van der Waals surface area contributed by atoms with Crippen molar-refractivity contribution in [3.05, 3.63) is 47.1 Å². The number of nitrogens with zero attached hydrogens (tertiary/aromatic N) is 3. The summed E-state index contributed by atoms with van der Waals surface area (Å²) < 4.78 is 5.33. The number of pyridine rings is 1. The number of fused-ring (bicyclic) bond motifs is 1. The highest BCUT2D eigenvalue weighted by Crippen LogP contribution is 2.42. The summed E-state index contributed by atoms with van der Waals surface area (Å²) in [7, 11) is 1.51. The number of methoxy groups -OCH3 is 1. The second-order valence-corrected chi connectivity index (χ2v) is 11.2. The largest absolute Gasteiger partial charge is 0.503 e. The van der Waals surface area contributed by atoms with E-state index in [-0.39, 0.29) is 22.5 Å². The number of Topliss-reactive ketones (excluding diaryl/α,β-unsaturated/α-hetero) is 1. The van der Waals surface area contributed by atoms with Crippen LogP contribution in [0.5, 0.6) is 11.5 Å². The SMILES string of the molecule is COc1cc(-c2ccc3ncc(C(=O)C4CC4)c(N4CCC(CN5CCCC5)CC4)c3c2)cc(Cl)c1O. The van der Waals surface area contributed by atoms with Gasteiger partial charge in [-0.3, -0.25) is 9.78 Å². The van der Waals surface area contributed by atoms with E-state index in [2.05, 4.69) is 15.9 Å². The molecule has 0 bridgehead atoms. The van der Waals surface area contributed by atoms with Gasteiger partial charge in [0.15, 0.2) is 17.3 Å². The molecule has 6 rings (SSSR count). The summed E-state index contributed by atoms with van der Waals surface area (Å²) in [4.78, 5) is 23.1. The number of carbonyl (C=O) groups is 1. The van der Waals surface area contributed by atoms with Gasteiger partial charge in [0.2, 0.25) is 0 Å². The molecule has 0 unspecified atom stereocenters. The van der Waals surface area contributed by atoms with Crippen molar-refractivity contribution < 1.29 is 14.6 Å². The molecule has 3 fully saturated rings. The molecule has 6 nitrogen and oxygen atoms in total. The fourth-order valence-corrected chi connectivity index (χ4v) is 6.22. The van der Waals surface area contributed by atoms with Gasteiger partial charge >= 0.3 is 0 Å². The van der Waals surface area contributed by atoms with Crippen LogP contribution in [0.15, 0.2) is 36.5 Å². The van der Waals surface area contributed by atoms with Crippen molar-refractivity contribution in [3.63, 3.8) is 0 Å². The van der Waals surface area contributed by atoms with Crippen molar-refractivity contribution in [2.75, 3.05) is 44.7 Å². The number of rotatable bonds is 7. The molecule has 2 aromatic carbocycles. The van der Waals surface area contributed by atoms with Gasteiger partial charge in [0.1, 0.15) is 0 Å². The minimum absolute atomic E-state index is 0.0646. The fourth-order valence-electron chi connectivity index (χ4n) is 6.01. The molecule has 194 valence electrons. The molecular weight excluding hydrogens is 486 g/mol. The van der Waals surface area contributed by atoms with E-state index in [1.807, 2.05) is 12.1 Å². The number of ether oxygens (including phenoxy) is 1. The van der Waals surface area contributed by atoms with E-state index in [0.717, 1.165) is 72.1 Å². The maximum Gasteiger partial charge on any atom is 0.176 e. The van der Waals surface area contributed by atoms with Crippen molar-refractivity contribution in [2.45, 2.75) is 38.5 Å². The number of phenolic OH excluding ortho intramolecular Hbond substituents is 1. The number of phenols is 1. The number of aromatic hydroxyl groups is 1. The molecule has 0 radical (unpaired) electrons. The van der Waals surface area contributed by atoms with E-state index >= 15 is 0 Å². The van der Waals surface area contributed by atoms with Gasteiger partial charge < -0.3 is 19.6 Å². The zero-order valence-electron chi connectivity index (χ0n) is 21.4. The standard InChI is InChI=1S/C30H34ClN3O3/c1-37-27-16-22(15-25(31)30(27)36)21-6-7-26-23(14-21)28(24(17-32-26)29(35)20-4-5-20)34-12-8-19(9-13-34)18-33-10-2-3-11-33/h6-7,14-17,19-20,36H,2-5,8-13,18H2,1H3. The average molecular weight is 520 g/mol. The van der Waals surface area contributed by atoms with Crippen LogP contribution in [-0.2, 0) is 0 Å². The molecule has 7 heteroatoms. The van der Waals surface area contributed by atoms with Crippen LogP contribution in [0.25, 0.3) is 22.0 Å². The summed E-state index contributed by atoms with van der Waals surface area (Å²) in [5.41, 5.74) is 4.44. The molecule has 1 aliphatic carbocycles. The lowest BCUT2D eigenvalue weighted by Gasteiger charge is -2.36. The lowest BCUT2D eigenvalue weighted by molar-refractivity contribution is 0.0968. The van der Waals surface area contributed by atoms with Crippen LogP contribution in [0.1, 0.15) is 48.9 Å². The summed E-state index contributed by atoms with van der Waals surface area (Å²) in [5.74, 6) is 1.34. The predicted molar refractivity (Wildman–Crippen MR) is 148 cm³/mol. The second kappa shape index (κ2) is 10.1. The molecule has 3 aliphatic rings. The molecule has 37 heavy (non-hydrogen) atoms. The summed E-state index contributed by atoms with van der Waals surface area (Å²) in [6, 6.07) is 9.66. The van der Waals surface area contributed by atoms with Crippen molar-refractivity contribution in [2.24, 2.45) is 11.8 Å². The number of piperidine rings is 1. The van der Waals surface area contributed by atoms with Crippen LogP contribution in [0.4, 0.5) is 5.69 Å². The average Bonchev–Trinajstić information content (AvgIpc) is 3.65. The van der Waals surface area contributed by atoms with E-state index in [0.29, 0.717) is 11.7 Å². The lowest BCUT2D eigenvalue weighted by atomic mass is 9.93. The zero-order valence-corrected chi connectivity index (χ0v) is 22.1. The van der Waals surface area contributed by atoms with Crippen LogP contribution >= 0.6 is 11.6 Å². The highest BCUT2D eigenvalue weighted by atomic mass is 35.5. The van der Waals surface area contributed by atoms with Crippen molar-refractivity contribution in [1.82, 2.24) is 9.88 Å². The minimum atomic E-state index is -0.0646. The summed E-state index contributed by atoms with van der Waals surface area (Å²) in [5, 5.41) is 11.4. The topological polar surface area (TPSA) is 65.9 Å². The molecule has 0 spiro atoms. The van der Waals surface area contributed by atoms with Gasteiger partial charge in [-0.05, 0) is 92.9 Å². The molecule has 0 amide bonds. The molecule has 3 heterocycles. The van der Waals surface area contributed by atoms with Gasteiger partial charge in [0, 0.05) is 37.1 Å². The van der Waals surface area contributed by atoms with E-state index in [4.69, 9.17) is 21.3 Å². The van der Waals surface area contributed by atoms with E-state index < -0.39 is 0 Å². The quantitative estimate of drug-likeness (QED) is 0.376. The second-order valence-electron chi connectivity index (χ2n) is 10.8. The Morgan fingerprint density at radius 2 is 1.81 bits per heavy atom. The molecule has 3 aromatic rings. The molecule has 1 N–H and O–H groups in total. The number of ketones is 1. The number of benzene rings is 2. The number of aromatic nitrogens is 1. The van der Waals surface area contributed by atoms with Crippen LogP contribution < -0.4 is 9.64 Å². The Bertz CT molecular complexity index is 1330. The van der Waals surface area contributed by atoms with Gasteiger partial charge in [-0.2, -0.15) is 0 Å². The molecule has 1 aromatic heterocycles. The minimum Gasteiger partial charge on any atom is -0.503 e. The Balaban J connectivity index is 1.38. The predicted octanol–water partition coefficient (Wildman–Crippen LogP) is 6.17. The maximum atomic E-state index is 13.4. The highest BCUT2D eigenvalue weighted by molar-refractivity contribution is 6.32. The third-order valence-corrected chi connectivity index (χ3v) is 8.57. The molecule has 1 saturated carbocycles. The number of carbonyl (C=O) groups excluding carboxylic acids is 1. The number of halogens is 1. The van der Waals surface area contributed by atoms with Gasteiger partial charge in [0.25, 0.3) is 0 Å². The first-order valence-electron chi connectivity index (χ1n) is 13.5. The number of hydrogen-bond donors (Lipinski definition) is 1. The van der Waals surface area contributed by atoms with Crippen molar-refractivity contribution in [1.29, 1.82) is 0 Å². The molecule has 2 saturated heterocycles. The van der Waals surface area contributed by atoms with Gasteiger partial charge in [-0.15, -0.1) is 0 Å². The van der Waals surface area contributed by atoms with Crippen LogP contribution in [0, 0.1) is 11.8 Å². The summed E-state index contributed by atoms with van der Waals surface area (Å²) in [6.07, 6.45) is 8.68. The smallest absolute Gasteiger partial charge is 0.176 e. The Morgan fingerprint density at radius 3 is 2.51 bits per heavy atom. The maximum absolute atomic E-state index is 13.4. The Morgan fingerprint density at radius 1 is 1.05 bits per heavy atom. The van der Waals surface area contributed by atoms with Crippen LogP contribution in [0.3, 0.4) is 0 Å². The number of hydrogen-bond acceptors (Lipinski definition) is 6. The van der Waals surface area contributed by atoms with Gasteiger partial charge in [0.05, 0.1) is 28.9 Å². The summed E-state index contributed by atoms with van der Waals surface area (Å²) in [6.45, 7) is 5.58. The van der Waals surface area contributed by atoms with Crippen LogP contribution in [-0.4, -0.2) is 60.6 Å². The van der Waals surface area contributed by atoms with Crippen molar-refractivity contribution >= 4 is 34.0 Å². The number of likely N-dealkylation sites (tertiary alicyclic amines) is 1. The normalized spacial score (nSPS) is 19.0. The molecular formula is C30H34ClN3O3. The fraction of sp³-hybridized carbons (Fsp3) is 0.467. The third kappa shape index (κ3) is 4.89. The Labute approximate surface area is 223 Å². The third-order valence-electron chi connectivity index (χ3n) is 8.28. The lowest BCUT2D eigenvalue weighted by Crippen LogP contribution is -2.39. The van der Waals surface area contributed by atoms with E-state index in [9.17, 15) is 9.90 Å². The van der Waals surface area contributed by atoms with Crippen molar-refractivity contribution in [3.8, 4) is 22.6 Å². The molecule has 2 aliphatic heterocycles. The first kappa shape index (κ1) is 24.5. The highest BCUT2D eigenvalue weighted by Gasteiger charge is 2.34. The monoisotopic (exact) mass is 519 g/mol. The Kier molecular flexibility index (Phi) is 6.72. The number of anilines is 1. The van der Waals surface area contributed by atoms with E-state index in [1.54, 1.807) is 18.3 Å². The van der Waals surface area contributed by atoms with Gasteiger partial charge in [-0.1, -0.05) is 17.7 Å².